The van der Waals surface area contributed by atoms with Gasteiger partial charge < -0.3 is 9.42 Å². The second kappa shape index (κ2) is 6.94. The molecule has 0 N–H and O–H groups in total. The maximum Gasteiger partial charge on any atom is 0.282 e. The van der Waals surface area contributed by atoms with Crippen molar-refractivity contribution in [2.45, 2.75) is 38.0 Å². The van der Waals surface area contributed by atoms with Gasteiger partial charge in [-0.3, -0.25) is 9.36 Å². The summed E-state index contributed by atoms with van der Waals surface area (Å²) in [6.45, 7) is 6.20. The van der Waals surface area contributed by atoms with Crippen LogP contribution in [0.25, 0.3) is 16.6 Å². The van der Waals surface area contributed by atoms with Crippen molar-refractivity contribution in [1.29, 1.82) is 0 Å². The first-order valence-electron chi connectivity index (χ1n) is 11.0. The molecule has 2 aliphatic heterocycles. The lowest BCUT2D eigenvalue weighted by Gasteiger charge is -2.32. The molecule has 0 saturated carbocycles. The number of hydrogen-bond acceptors (Lipinski definition) is 5. The molecule has 2 aromatic carbocycles. The number of fused-ring (bicyclic) bond motifs is 5. The molecule has 162 valence electrons. The monoisotopic (exact) mass is 446 g/mol. The van der Waals surface area contributed by atoms with Crippen molar-refractivity contribution in [2.75, 3.05) is 18.0 Å². The molecule has 7 heteroatoms. The second-order valence-electron chi connectivity index (χ2n) is 9.23. The summed E-state index contributed by atoms with van der Waals surface area (Å²) in [5.41, 5.74) is 3.80. The first-order valence-corrected chi connectivity index (χ1v) is 11.3. The van der Waals surface area contributed by atoms with E-state index in [0.717, 1.165) is 48.8 Å². The molecule has 0 unspecified atom stereocenters. The Balaban J connectivity index is 1.40. The van der Waals surface area contributed by atoms with E-state index in [0.29, 0.717) is 16.3 Å². The van der Waals surface area contributed by atoms with E-state index in [4.69, 9.17) is 16.1 Å². The van der Waals surface area contributed by atoms with Crippen LogP contribution in [-0.2, 0) is 5.41 Å². The van der Waals surface area contributed by atoms with E-state index in [1.54, 1.807) is 12.3 Å². The Hall–Kier alpha value is -3.12. The smallest absolute Gasteiger partial charge is 0.282 e. The van der Waals surface area contributed by atoms with Gasteiger partial charge in [0.05, 0.1) is 27.0 Å². The van der Waals surface area contributed by atoms with Gasteiger partial charge in [-0.15, -0.1) is 0 Å². The molecular weight excluding hydrogens is 424 g/mol. The molecule has 0 spiro atoms. The van der Waals surface area contributed by atoms with Gasteiger partial charge in [0.15, 0.2) is 5.82 Å². The van der Waals surface area contributed by atoms with E-state index in [1.807, 2.05) is 18.2 Å². The third-order valence-electron chi connectivity index (χ3n) is 7.07. The Bertz CT molecular complexity index is 1400. The van der Waals surface area contributed by atoms with Crippen molar-refractivity contribution >= 4 is 28.3 Å². The van der Waals surface area contributed by atoms with Gasteiger partial charge in [-0.1, -0.05) is 35.0 Å². The molecule has 4 heterocycles. The normalized spacial score (nSPS) is 17.5. The predicted octanol–water partition coefficient (Wildman–Crippen LogP) is 5.05. The fraction of sp³-hybridized carbons (Fsp3) is 0.320. The standard InChI is InChI=1S/C25H23ClN4O2/c1-25(2)17-14-16(15-8-11-29(12-9-15)21-10-13-32-28-21)6-7-19(17)30-20-5-3-4-18(26)22(20)23(31)27-24(25)30/h3-7,10,13-15H,8-9,11-12H2,1-2H3. The van der Waals surface area contributed by atoms with Crippen molar-refractivity contribution < 1.29 is 4.52 Å². The largest absolute Gasteiger partial charge is 0.363 e. The van der Waals surface area contributed by atoms with Crippen LogP contribution < -0.4 is 10.5 Å². The molecule has 2 aliphatic rings. The van der Waals surface area contributed by atoms with E-state index in [2.05, 4.69) is 51.7 Å². The predicted molar refractivity (Wildman–Crippen MR) is 125 cm³/mol. The molecule has 32 heavy (non-hydrogen) atoms. The number of hydrogen-bond donors (Lipinski definition) is 0. The number of halogens is 1. The van der Waals surface area contributed by atoms with E-state index < -0.39 is 0 Å². The van der Waals surface area contributed by atoms with Gasteiger partial charge in [-0.25, -0.2) is 0 Å². The van der Waals surface area contributed by atoms with Crippen LogP contribution in [0.4, 0.5) is 5.82 Å². The van der Waals surface area contributed by atoms with Crippen LogP contribution in [0.1, 0.15) is 49.6 Å². The first kappa shape index (κ1) is 19.6. The average Bonchev–Trinajstić information content (AvgIpc) is 3.40. The van der Waals surface area contributed by atoms with Crippen molar-refractivity contribution in [1.82, 2.24) is 14.7 Å². The minimum Gasteiger partial charge on any atom is -0.363 e. The average molecular weight is 447 g/mol. The highest BCUT2D eigenvalue weighted by molar-refractivity contribution is 6.35. The molecule has 2 aromatic heterocycles. The first-order chi connectivity index (χ1) is 15.4. The van der Waals surface area contributed by atoms with Crippen molar-refractivity contribution in [3.63, 3.8) is 0 Å². The van der Waals surface area contributed by atoms with Gasteiger partial charge in [-0.05, 0) is 61.9 Å². The summed E-state index contributed by atoms with van der Waals surface area (Å²) >= 11 is 6.37. The number of benzene rings is 2. The molecule has 0 aliphatic carbocycles. The lowest BCUT2D eigenvalue weighted by Crippen LogP contribution is -2.33. The van der Waals surface area contributed by atoms with Gasteiger partial charge in [0.1, 0.15) is 12.1 Å². The minimum atomic E-state index is -0.373. The Morgan fingerprint density at radius 1 is 1.12 bits per heavy atom. The highest BCUT2D eigenvalue weighted by Gasteiger charge is 2.39. The van der Waals surface area contributed by atoms with Crippen LogP contribution in [0.5, 0.6) is 0 Å². The van der Waals surface area contributed by atoms with Crippen LogP contribution in [-0.4, -0.2) is 27.8 Å². The summed E-state index contributed by atoms with van der Waals surface area (Å²) in [7, 11) is 0. The number of aromatic nitrogens is 3. The minimum absolute atomic E-state index is 0.266. The van der Waals surface area contributed by atoms with Crippen molar-refractivity contribution in [3.8, 4) is 5.69 Å². The van der Waals surface area contributed by atoms with E-state index in [-0.39, 0.29) is 11.0 Å². The molecule has 1 saturated heterocycles. The summed E-state index contributed by atoms with van der Waals surface area (Å²) in [6.07, 6.45) is 3.75. The van der Waals surface area contributed by atoms with Gasteiger partial charge in [0.2, 0.25) is 0 Å². The van der Waals surface area contributed by atoms with E-state index in [1.165, 1.54) is 11.1 Å². The Kier molecular flexibility index (Phi) is 4.24. The highest BCUT2D eigenvalue weighted by Crippen LogP contribution is 2.44. The molecule has 0 radical (unpaired) electrons. The van der Waals surface area contributed by atoms with Crippen LogP contribution in [0.15, 0.2) is 58.0 Å². The maximum absolute atomic E-state index is 12.8. The topological polar surface area (TPSA) is 64.2 Å². The zero-order valence-corrected chi connectivity index (χ0v) is 18.8. The van der Waals surface area contributed by atoms with Gasteiger partial charge >= 0.3 is 0 Å². The lowest BCUT2D eigenvalue weighted by atomic mass is 9.81. The Labute approximate surface area is 190 Å². The fourth-order valence-corrected chi connectivity index (χ4v) is 5.58. The van der Waals surface area contributed by atoms with Gasteiger partial charge in [0.25, 0.3) is 5.56 Å². The third-order valence-corrected chi connectivity index (χ3v) is 7.39. The summed E-state index contributed by atoms with van der Waals surface area (Å²) < 4.78 is 7.11. The Morgan fingerprint density at radius 2 is 1.94 bits per heavy atom. The quantitative estimate of drug-likeness (QED) is 0.431. The van der Waals surface area contributed by atoms with Gasteiger partial charge in [-0.2, -0.15) is 4.98 Å². The maximum atomic E-state index is 12.8. The number of piperidine rings is 1. The molecule has 6 rings (SSSR count). The summed E-state index contributed by atoms with van der Waals surface area (Å²) in [6, 6.07) is 14.2. The summed E-state index contributed by atoms with van der Waals surface area (Å²) in [5.74, 6) is 2.17. The number of nitrogens with zero attached hydrogens (tertiary/aromatic N) is 4. The Morgan fingerprint density at radius 3 is 2.69 bits per heavy atom. The molecule has 0 atom stereocenters. The number of rotatable bonds is 2. The number of anilines is 1. The third kappa shape index (κ3) is 2.75. The fourth-order valence-electron chi connectivity index (χ4n) is 5.32. The van der Waals surface area contributed by atoms with E-state index in [9.17, 15) is 4.79 Å². The van der Waals surface area contributed by atoms with E-state index >= 15 is 0 Å². The SMILES string of the molecule is CC1(C)c2cc(C3CCN(c4ccon4)CC3)ccc2-n2c1nc(=O)c1c(Cl)cccc12. The van der Waals surface area contributed by atoms with Gasteiger partial charge in [0, 0.05) is 19.2 Å². The molecular formula is C25H23ClN4O2. The van der Waals surface area contributed by atoms with Crippen LogP contribution >= 0.6 is 11.6 Å². The van der Waals surface area contributed by atoms with Crippen LogP contribution in [0.3, 0.4) is 0 Å². The molecule has 6 nitrogen and oxygen atoms in total. The highest BCUT2D eigenvalue weighted by atomic mass is 35.5. The zero-order chi connectivity index (χ0) is 22.0. The molecule has 0 amide bonds. The van der Waals surface area contributed by atoms with Crippen molar-refractivity contribution in [3.05, 3.63) is 81.1 Å². The molecule has 1 fully saturated rings. The van der Waals surface area contributed by atoms with Crippen molar-refractivity contribution in [2.24, 2.45) is 0 Å². The zero-order valence-electron chi connectivity index (χ0n) is 18.0. The lowest BCUT2D eigenvalue weighted by molar-refractivity contribution is 0.413. The molecule has 4 aromatic rings. The molecule has 0 bridgehead atoms. The van der Waals surface area contributed by atoms with Crippen LogP contribution in [0, 0.1) is 0 Å². The second-order valence-corrected chi connectivity index (χ2v) is 9.64. The van der Waals surface area contributed by atoms with Crippen LogP contribution in [0.2, 0.25) is 5.02 Å². The summed E-state index contributed by atoms with van der Waals surface area (Å²) in [5, 5.41) is 4.99. The summed E-state index contributed by atoms with van der Waals surface area (Å²) in [4.78, 5) is 19.6.